The molecule has 1 atom stereocenters. The predicted molar refractivity (Wildman–Crippen MR) is 59.1 cm³/mol. The van der Waals surface area contributed by atoms with Crippen molar-refractivity contribution in [3.8, 4) is 0 Å². The van der Waals surface area contributed by atoms with Crippen molar-refractivity contribution >= 4 is 35.6 Å². The highest BCUT2D eigenvalue weighted by atomic mass is 35.5. The molecule has 1 aromatic rings. The average molecular weight is 239 g/mol. The maximum atomic E-state index is 5.86. The molecule has 1 aliphatic rings. The first-order chi connectivity index (χ1) is 5.75. The molecule has 0 radical (unpaired) electrons. The van der Waals surface area contributed by atoms with Crippen molar-refractivity contribution in [2.75, 3.05) is 6.54 Å². The van der Waals surface area contributed by atoms with E-state index in [9.17, 15) is 0 Å². The first-order valence-electron chi connectivity index (χ1n) is 3.95. The topological polar surface area (TPSA) is 12.0 Å². The van der Waals surface area contributed by atoms with Gasteiger partial charge in [0.05, 0.1) is 0 Å². The van der Waals surface area contributed by atoms with E-state index in [2.05, 4.69) is 5.32 Å². The Morgan fingerprint density at radius 1 is 1.15 bits per heavy atom. The van der Waals surface area contributed by atoms with Gasteiger partial charge in [0.1, 0.15) is 0 Å². The normalized spacial score (nSPS) is 20.3. The SMILES string of the molecule is Cl.Clc1cc(Cl)cc([C@@H]2CCN2)c1. The Morgan fingerprint density at radius 3 is 2.08 bits per heavy atom. The Hall–Kier alpha value is 0.0500. The van der Waals surface area contributed by atoms with Crippen LogP contribution in [0, 0.1) is 0 Å². The third kappa shape index (κ3) is 2.50. The maximum Gasteiger partial charge on any atom is 0.0424 e. The molecule has 4 heteroatoms. The average Bonchev–Trinajstić information content (AvgIpc) is 1.79. The lowest BCUT2D eigenvalue weighted by Crippen LogP contribution is -2.34. The summed E-state index contributed by atoms with van der Waals surface area (Å²) in [4.78, 5) is 0. The molecular weight excluding hydrogens is 228 g/mol. The molecule has 1 saturated heterocycles. The van der Waals surface area contributed by atoms with E-state index < -0.39 is 0 Å². The Morgan fingerprint density at radius 2 is 1.69 bits per heavy atom. The van der Waals surface area contributed by atoms with E-state index in [1.54, 1.807) is 6.07 Å². The molecule has 0 saturated carbocycles. The van der Waals surface area contributed by atoms with E-state index >= 15 is 0 Å². The zero-order chi connectivity index (χ0) is 8.55. The molecule has 0 amide bonds. The van der Waals surface area contributed by atoms with E-state index in [1.165, 1.54) is 12.0 Å². The van der Waals surface area contributed by atoms with Gasteiger partial charge < -0.3 is 5.32 Å². The summed E-state index contributed by atoms with van der Waals surface area (Å²) in [6.45, 7) is 1.09. The highest BCUT2D eigenvalue weighted by Gasteiger charge is 2.18. The van der Waals surface area contributed by atoms with Gasteiger partial charge in [-0.1, -0.05) is 23.2 Å². The fourth-order valence-electron chi connectivity index (χ4n) is 1.35. The second-order valence-corrected chi connectivity index (χ2v) is 3.87. The molecule has 0 aromatic heterocycles. The fourth-order valence-corrected chi connectivity index (χ4v) is 1.89. The van der Waals surface area contributed by atoms with Crippen LogP contribution in [0.1, 0.15) is 18.0 Å². The van der Waals surface area contributed by atoms with Gasteiger partial charge in [-0.25, -0.2) is 0 Å². The third-order valence-electron chi connectivity index (χ3n) is 2.11. The van der Waals surface area contributed by atoms with Crippen molar-refractivity contribution in [3.05, 3.63) is 33.8 Å². The Bertz CT molecular complexity index is 277. The Labute approximate surface area is 93.8 Å². The monoisotopic (exact) mass is 237 g/mol. The zero-order valence-electron chi connectivity index (χ0n) is 6.89. The van der Waals surface area contributed by atoms with Crippen molar-refractivity contribution in [3.63, 3.8) is 0 Å². The highest BCUT2D eigenvalue weighted by Crippen LogP contribution is 2.28. The number of hydrogen-bond acceptors (Lipinski definition) is 1. The maximum absolute atomic E-state index is 5.86. The third-order valence-corrected chi connectivity index (χ3v) is 2.55. The van der Waals surface area contributed by atoms with Crippen LogP contribution < -0.4 is 5.32 Å². The smallest absolute Gasteiger partial charge is 0.0424 e. The van der Waals surface area contributed by atoms with Crippen molar-refractivity contribution in [2.24, 2.45) is 0 Å². The number of halogens is 3. The second-order valence-electron chi connectivity index (χ2n) is 3.00. The van der Waals surface area contributed by atoms with Gasteiger partial charge in [-0.15, -0.1) is 12.4 Å². The van der Waals surface area contributed by atoms with Crippen LogP contribution >= 0.6 is 35.6 Å². The summed E-state index contributed by atoms with van der Waals surface area (Å²) in [6.07, 6.45) is 1.18. The molecule has 1 aliphatic heterocycles. The second kappa shape index (κ2) is 4.52. The van der Waals surface area contributed by atoms with E-state index in [0.29, 0.717) is 16.1 Å². The minimum atomic E-state index is 0. The summed E-state index contributed by atoms with van der Waals surface area (Å²) in [5.41, 5.74) is 1.19. The molecule has 13 heavy (non-hydrogen) atoms. The molecule has 0 aliphatic carbocycles. The number of rotatable bonds is 1. The summed E-state index contributed by atoms with van der Waals surface area (Å²) in [5.74, 6) is 0. The number of hydrogen-bond donors (Lipinski definition) is 1. The molecule has 1 N–H and O–H groups in total. The van der Waals surface area contributed by atoms with Crippen LogP contribution in [0.4, 0.5) is 0 Å². The Balaban J connectivity index is 0.000000845. The lowest BCUT2D eigenvalue weighted by Gasteiger charge is -2.28. The molecule has 1 nitrogen and oxygen atoms in total. The molecule has 72 valence electrons. The zero-order valence-corrected chi connectivity index (χ0v) is 9.22. The van der Waals surface area contributed by atoms with Gasteiger partial charge in [0.25, 0.3) is 0 Å². The molecule has 0 bridgehead atoms. The van der Waals surface area contributed by atoms with Crippen molar-refractivity contribution in [1.29, 1.82) is 0 Å². The first kappa shape index (κ1) is 11.1. The van der Waals surface area contributed by atoms with Gasteiger partial charge in [-0.3, -0.25) is 0 Å². The van der Waals surface area contributed by atoms with Gasteiger partial charge in [0, 0.05) is 16.1 Å². The largest absolute Gasteiger partial charge is 0.310 e. The van der Waals surface area contributed by atoms with Gasteiger partial charge in [-0.05, 0) is 36.7 Å². The van der Waals surface area contributed by atoms with Crippen molar-refractivity contribution in [2.45, 2.75) is 12.5 Å². The van der Waals surface area contributed by atoms with Gasteiger partial charge in [0.2, 0.25) is 0 Å². The quantitative estimate of drug-likeness (QED) is 0.790. The lowest BCUT2D eigenvalue weighted by molar-refractivity contribution is 0.383. The summed E-state index contributed by atoms with van der Waals surface area (Å²) < 4.78 is 0. The molecule has 2 rings (SSSR count). The van der Waals surface area contributed by atoms with Gasteiger partial charge in [-0.2, -0.15) is 0 Å². The molecule has 1 aromatic carbocycles. The lowest BCUT2D eigenvalue weighted by atomic mass is 9.98. The van der Waals surface area contributed by atoms with Crippen LogP contribution in [0.3, 0.4) is 0 Å². The van der Waals surface area contributed by atoms with Crippen molar-refractivity contribution in [1.82, 2.24) is 5.32 Å². The van der Waals surface area contributed by atoms with E-state index in [-0.39, 0.29) is 12.4 Å². The van der Waals surface area contributed by atoms with Crippen LogP contribution in [-0.2, 0) is 0 Å². The Kier molecular flexibility index (Phi) is 3.87. The first-order valence-corrected chi connectivity index (χ1v) is 4.71. The molecular formula is C9H10Cl3N. The standard InChI is InChI=1S/C9H9Cl2N.ClH/c10-7-3-6(4-8(11)5-7)9-1-2-12-9;/h3-5,9,12H,1-2H2;1H/t9-;/m0./s1. The van der Waals surface area contributed by atoms with Crippen LogP contribution in [0.5, 0.6) is 0 Å². The predicted octanol–water partition coefficient (Wildman–Crippen LogP) is 3.45. The highest BCUT2D eigenvalue weighted by molar-refractivity contribution is 6.34. The van der Waals surface area contributed by atoms with Crippen LogP contribution in [0.15, 0.2) is 18.2 Å². The fraction of sp³-hybridized carbons (Fsp3) is 0.333. The molecule has 0 unspecified atom stereocenters. The molecule has 1 heterocycles. The summed E-state index contributed by atoms with van der Waals surface area (Å²) in [7, 11) is 0. The summed E-state index contributed by atoms with van der Waals surface area (Å²) in [5, 5.41) is 4.73. The van der Waals surface area contributed by atoms with Gasteiger partial charge >= 0.3 is 0 Å². The van der Waals surface area contributed by atoms with E-state index in [1.807, 2.05) is 12.1 Å². The molecule has 0 spiro atoms. The minimum absolute atomic E-state index is 0. The van der Waals surface area contributed by atoms with Crippen LogP contribution in [0.25, 0.3) is 0 Å². The molecule has 1 fully saturated rings. The van der Waals surface area contributed by atoms with E-state index in [4.69, 9.17) is 23.2 Å². The van der Waals surface area contributed by atoms with E-state index in [0.717, 1.165) is 6.54 Å². The van der Waals surface area contributed by atoms with Crippen LogP contribution in [-0.4, -0.2) is 6.54 Å². The van der Waals surface area contributed by atoms with Crippen molar-refractivity contribution < 1.29 is 0 Å². The minimum Gasteiger partial charge on any atom is -0.310 e. The van der Waals surface area contributed by atoms with Crippen LogP contribution in [0.2, 0.25) is 10.0 Å². The summed E-state index contributed by atoms with van der Waals surface area (Å²) >= 11 is 11.7. The van der Waals surface area contributed by atoms with Gasteiger partial charge in [0.15, 0.2) is 0 Å². The number of nitrogens with one attached hydrogen (secondary N) is 1. The summed E-state index contributed by atoms with van der Waals surface area (Å²) in [6, 6.07) is 6.14. The number of benzene rings is 1.